The van der Waals surface area contributed by atoms with E-state index in [2.05, 4.69) is 9.89 Å². The van der Waals surface area contributed by atoms with Crippen LogP contribution < -0.4 is 4.74 Å². The zero-order valence-electron chi connectivity index (χ0n) is 16.0. The second kappa shape index (κ2) is 7.52. The van der Waals surface area contributed by atoms with E-state index in [1.807, 2.05) is 0 Å². The number of ether oxygens (including phenoxy) is 2. The molecule has 1 heterocycles. The number of rotatable bonds is 7. The molecule has 2 aromatic rings. The van der Waals surface area contributed by atoms with Crippen molar-refractivity contribution < 1.29 is 27.6 Å². The molecule has 5 nitrogen and oxygen atoms in total. The van der Waals surface area contributed by atoms with Gasteiger partial charge in [-0.2, -0.15) is 8.78 Å². The number of carbonyl (C=O) groups excluding carboxylic acids is 1. The number of alkyl halides is 2. The standard InChI is InChI=1S/C22H23F2NO4/c23-22(24)28-18-4-2-1-3-16(18)19-17(21(29-25-19)12-5-6-12)11-27-15-9-13-7-8-14(10-15)20(13)26/h1-4,12-15,22H,5-11H2/t13-,14?,15+/m0/s1. The Labute approximate surface area is 167 Å². The van der Waals surface area contributed by atoms with Crippen molar-refractivity contribution in [2.75, 3.05) is 0 Å². The summed E-state index contributed by atoms with van der Waals surface area (Å²) in [6, 6.07) is 6.61. The SMILES string of the molecule is O=C1C2CC[C@H]1C[C@@H](OCc1c(-c3ccccc3OC(F)F)noc1C1CC1)C2. The lowest BCUT2D eigenvalue weighted by atomic mass is 9.86. The van der Waals surface area contributed by atoms with Gasteiger partial charge in [-0.15, -0.1) is 0 Å². The van der Waals surface area contributed by atoms with Crippen LogP contribution in [-0.2, 0) is 16.1 Å². The van der Waals surface area contributed by atoms with E-state index in [-0.39, 0.29) is 23.7 Å². The number of Topliss-reactive ketones (excluding diaryl/α,β-unsaturated/α-hetero) is 1. The van der Waals surface area contributed by atoms with Gasteiger partial charge >= 0.3 is 6.61 Å². The molecule has 0 aliphatic heterocycles. The van der Waals surface area contributed by atoms with Crippen molar-refractivity contribution in [3.05, 3.63) is 35.6 Å². The summed E-state index contributed by atoms with van der Waals surface area (Å²) in [4.78, 5) is 12.1. The van der Waals surface area contributed by atoms with Gasteiger partial charge in [-0.3, -0.25) is 4.79 Å². The number of halogens is 2. The van der Waals surface area contributed by atoms with Crippen molar-refractivity contribution in [2.24, 2.45) is 11.8 Å². The first-order valence-corrected chi connectivity index (χ1v) is 10.3. The highest BCUT2D eigenvalue weighted by Gasteiger charge is 2.42. The van der Waals surface area contributed by atoms with E-state index < -0.39 is 6.61 Å². The van der Waals surface area contributed by atoms with Gasteiger partial charge < -0.3 is 14.0 Å². The maximum absolute atomic E-state index is 12.8. The Hall–Kier alpha value is -2.28. The van der Waals surface area contributed by atoms with Crippen LogP contribution in [-0.4, -0.2) is 23.7 Å². The lowest BCUT2D eigenvalue weighted by Gasteiger charge is -2.26. The number of aromatic nitrogens is 1. The molecule has 3 aliphatic carbocycles. The Kier molecular flexibility index (Phi) is 4.86. The summed E-state index contributed by atoms with van der Waals surface area (Å²) in [5, 5.41) is 4.20. The molecule has 2 bridgehead atoms. The summed E-state index contributed by atoms with van der Waals surface area (Å²) in [6.07, 6.45) is 5.55. The molecular weight excluding hydrogens is 380 g/mol. The van der Waals surface area contributed by atoms with E-state index >= 15 is 0 Å². The first kappa shape index (κ1) is 18.7. The van der Waals surface area contributed by atoms with Crippen molar-refractivity contribution in [1.82, 2.24) is 5.16 Å². The summed E-state index contributed by atoms with van der Waals surface area (Å²) >= 11 is 0. The molecule has 5 rings (SSSR count). The Morgan fingerprint density at radius 3 is 2.45 bits per heavy atom. The maximum atomic E-state index is 12.8. The Bertz CT molecular complexity index is 892. The first-order chi connectivity index (χ1) is 14.1. The lowest BCUT2D eigenvalue weighted by Crippen LogP contribution is -2.30. The molecule has 0 spiro atoms. The molecule has 1 unspecified atom stereocenters. The fraction of sp³-hybridized carbons (Fsp3) is 0.545. The van der Waals surface area contributed by atoms with Crippen molar-refractivity contribution in [1.29, 1.82) is 0 Å². The maximum Gasteiger partial charge on any atom is 0.387 e. The van der Waals surface area contributed by atoms with Gasteiger partial charge in [-0.05, 0) is 50.7 Å². The Morgan fingerprint density at radius 1 is 1.07 bits per heavy atom. The number of benzene rings is 1. The number of fused-ring (bicyclic) bond motifs is 2. The summed E-state index contributed by atoms with van der Waals surface area (Å²) in [6.45, 7) is -2.62. The fourth-order valence-corrected chi connectivity index (χ4v) is 4.76. The van der Waals surface area contributed by atoms with E-state index in [0.717, 1.165) is 49.8 Å². The normalized spacial score (nSPS) is 26.3. The predicted molar refractivity (Wildman–Crippen MR) is 99.6 cm³/mol. The van der Waals surface area contributed by atoms with Gasteiger partial charge in [0.25, 0.3) is 0 Å². The van der Waals surface area contributed by atoms with Gasteiger partial charge in [-0.25, -0.2) is 0 Å². The minimum atomic E-state index is -2.92. The van der Waals surface area contributed by atoms with E-state index in [1.165, 1.54) is 6.07 Å². The zero-order chi connectivity index (χ0) is 20.0. The summed E-state index contributed by atoms with van der Waals surface area (Å²) in [7, 11) is 0. The molecule has 0 N–H and O–H groups in total. The fourth-order valence-electron chi connectivity index (χ4n) is 4.76. The molecule has 0 radical (unpaired) electrons. The van der Waals surface area contributed by atoms with Crippen LogP contribution >= 0.6 is 0 Å². The quantitative estimate of drug-likeness (QED) is 0.644. The molecule has 3 saturated carbocycles. The number of nitrogens with zero attached hydrogens (tertiary/aromatic N) is 1. The number of hydrogen-bond donors (Lipinski definition) is 0. The van der Waals surface area contributed by atoms with Crippen LogP contribution in [0.4, 0.5) is 8.78 Å². The van der Waals surface area contributed by atoms with Crippen molar-refractivity contribution >= 4 is 5.78 Å². The van der Waals surface area contributed by atoms with E-state index in [0.29, 0.717) is 29.6 Å². The second-order valence-electron chi connectivity index (χ2n) is 8.30. The molecule has 154 valence electrons. The highest BCUT2D eigenvalue weighted by atomic mass is 19.3. The van der Waals surface area contributed by atoms with Crippen molar-refractivity contribution in [2.45, 2.75) is 63.8 Å². The highest BCUT2D eigenvalue weighted by Crippen LogP contribution is 2.46. The average Bonchev–Trinajstić information content (AvgIpc) is 3.43. The molecule has 29 heavy (non-hydrogen) atoms. The third-order valence-electron chi connectivity index (χ3n) is 6.35. The zero-order valence-corrected chi connectivity index (χ0v) is 16.0. The molecule has 3 fully saturated rings. The Morgan fingerprint density at radius 2 is 1.76 bits per heavy atom. The van der Waals surface area contributed by atoms with Gasteiger partial charge in [0.15, 0.2) is 0 Å². The van der Waals surface area contributed by atoms with Crippen LogP contribution in [0.2, 0.25) is 0 Å². The topological polar surface area (TPSA) is 61.6 Å². The smallest absolute Gasteiger partial charge is 0.387 e. The van der Waals surface area contributed by atoms with Gasteiger partial charge in [-0.1, -0.05) is 17.3 Å². The molecular formula is C22H23F2NO4. The largest absolute Gasteiger partial charge is 0.434 e. The second-order valence-corrected chi connectivity index (χ2v) is 8.30. The molecule has 1 aromatic heterocycles. The van der Waals surface area contributed by atoms with Gasteiger partial charge in [0, 0.05) is 28.9 Å². The number of carbonyl (C=O) groups is 1. The van der Waals surface area contributed by atoms with Gasteiger partial charge in [0.1, 0.15) is 23.0 Å². The molecule has 0 saturated heterocycles. The van der Waals surface area contributed by atoms with Crippen molar-refractivity contribution in [3.8, 4) is 17.0 Å². The molecule has 3 aliphatic rings. The van der Waals surface area contributed by atoms with Crippen LogP contribution in [0.15, 0.2) is 28.8 Å². The van der Waals surface area contributed by atoms with Crippen LogP contribution in [0.25, 0.3) is 11.3 Å². The van der Waals surface area contributed by atoms with E-state index in [9.17, 15) is 13.6 Å². The van der Waals surface area contributed by atoms with Crippen LogP contribution in [0.3, 0.4) is 0 Å². The lowest BCUT2D eigenvalue weighted by molar-refractivity contribution is -0.130. The molecule has 1 aromatic carbocycles. The predicted octanol–water partition coefficient (Wildman–Crippen LogP) is 5.09. The third-order valence-corrected chi connectivity index (χ3v) is 6.35. The van der Waals surface area contributed by atoms with Gasteiger partial charge in [0.2, 0.25) is 0 Å². The van der Waals surface area contributed by atoms with Gasteiger partial charge in [0.05, 0.1) is 12.7 Å². The Balaban J connectivity index is 1.40. The molecule has 7 heteroatoms. The van der Waals surface area contributed by atoms with E-state index in [1.54, 1.807) is 18.2 Å². The summed E-state index contributed by atoms with van der Waals surface area (Å²) in [5.74, 6) is 1.81. The molecule has 0 amide bonds. The summed E-state index contributed by atoms with van der Waals surface area (Å²) in [5.41, 5.74) is 1.78. The monoisotopic (exact) mass is 403 g/mol. The minimum absolute atomic E-state index is 0.0348. The van der Waals surface area contributed by atoms with Crippen LogP contribution in [0.5, 0.6) is 5.75 Å². The van der Waals surface area contributed by atoms with E-state index in [4.69, 9.17) is 9.26 Å². The number of para-hydroxylation sites is 1. The van der Waals surface area contributed by atoms with Crippen molar-refractivity contribution in [3.63, 3.8) is 0 Å². The number of ketones is 1. The number of hydrogen-bond acceptors (Lipinski definition) is 5. The molecule has 3 atom stereocenters. The van der Waals surface area contributed by atoms with Crippen LogP contribution in [0, 0.1) is 11.8 Å². The highest BCUT2D eigenvalue weighted by molar-refractivity contribution is 5.86. The average molecular weight is 403 g/mol. The third kappa shape index (κ3) is 3.68. The first-order valence-electron chi connectivity index (χ1n) is 10.3. The summed E-state index contributed by atoms with van der Waals surface area (Å²) < 4.78 is 42.2. The minimum Gasteiger partial charge on any atom is -0.434 e. The van der Waals surface area contributed by atoms with Crippen LogP contribution in [0.1, 0.15) is 55.8 Å².